The van der Waals surface area contributed by atoms with Crippen LogP contribution in [0.3, 0.4) is 0 Å². The van der Waals surface area contributed by atoms with Crippen LogP contribution in [0, 0.1) is 6.92 Å². The maximum atomic E-state index is 12.7. The van der Waals surface area contributed by atoms with Gasteiger partial charge >= 0.3 is 0 Å². The Bertz CT molecular complexity index is 1370. The van der Waals surface area contributed by atoms with Crippen LogP contribution < -0.4 is 5.32 Å². The van der Waals surface area contributed by atoms with Crippen LogP contribution in [0.4, 0.5) is 0 Å². The van der Waals surface area contributed by atoms with Crippen LogP contribution in [0.25, 0.3) is 5.69 Å². The van der Waals surface area contributed by atoms with Crippen molar-refractivity contribution < 1.29 is 4.79 Å². The molecule has 1 N–H and O–H groups in total. The molecular weight excluding hydrogens is 525 g/mol. The Morgan fingerprint density at radius 1 is 1.10 bits per heavy atom. The molecule has 0 saturated carbocycles. The zero-order valence-corrected chi connectivity index (χ0v) is 24.3. The monoisotopic (exact) mass is 560 g/mol. The van der Waals surface area contributed by atoms with E-state index in [0.717, 1.165) is 40.2 Å². The van der Waals surface area contributed by atoms with Gasteiger partial charge in [-0.3, -0.25) is 9.36 Å². The van der Waals surface area contributed by atoms with E-state index in [0.29, 0.717) is 30.5 Å². The molecule has 39 heavy (non-hydrogen) atoms. The predicted octanol–water partition coefficient (Wildman–Crippen LogP) is 5.91. The number of amides is 1. The van der Waals surface area contributed by atoms with Gasteiger partial charge in [0.15, 0.2) is 5.16 Å². The van der Waals surface area contributed by atoms with E-state index in [2.05, 4.69) is 68.1 Å². The first-order valence-corrected chi connectivity index (χ1v) is 15.6. The predicted molar refractivity (Wildman–Crippen MR) is 159 cm³/mol. The van der Waals surface area contributed by atoms with Crippen LogP contribution in [-0.4, -0.2) is 56.2 Å². The standard InChI is InChI=1S/C30H36N6OS2/c1-22-11-6-7-15-26(22)36-27(19-24-13-4-3-5-14-24)33-34-30(36)39-21-28-32-25(20-38-28)29(37)31-16-10-18-35-17-9-8-12-23(35)2/h3-7,11,13-15,20,23H,8-10,12,16-19,21H2,1-2H3,(H,31,37). The van der Waals surface area contributed by atoms with Crippen LogP contribution in [-0.2, 0) is 12.2 Å². The second-order valence-corrected chi connectivity index (χ2v) is 12.0. The highest BCUT2D eigenvalue weighted by Crippen LogP contribution is 2.28. The number of rotatable bonds is 11. The van der Waals surface area contributed by atoms with Crippen molar-refractivity contribution in [3.63, 3.8) is 0 Å². The molecule has 0 spiro atoms. The summed E-state index contributed by atoms with van der Waals surface area (Å²) in [6.07, 6.45) is 5.55. The number of likely N-dealkylation sites (tertiary alicyclic amines) is 1. The van der Waals surface area contributed by atoms with Gasteiger partial charge in [0.25, 0.3) is 5.91 Å². The van der Waals surface area contributed by atoms with Crippen LogP contribution in [0.15, 0.2) is 65.1 Å². The Labute approximate surface area is 239 Å². The number of carbonyl (C=O) groups excluding carboxylic acids is 1. The Hall–Kier alpha value is -3.01. The first kappa shape index (κ1) is 27.6. The molecule has 0 radical (unpaired) electrons. The summed E-state index contributed by atoms with van der Waals surface area (Å²) in [5.74, 6) is 1.43. The third-order valence-electron chi connectivity index (χ3n) is 7.22. The van der Waals surface area contributed by atoms with Crippen molar-refractivity contribution in [1.82, 2.24) is 30.0 Å². The number of aromatic nitrogens is 4. The summed E-state index contributed by atoms with van der Waals surface area (Å²) in [4.78, 5) is 19.8. The molecule has 1 fully saturated rings. The molecule has 204 valence electrons. The molecule has 1 saturated heterocycles. The van der Waals surface area contributed by atoms with Crippen LogP contribution >= 0.6 is 23.1 Å². The van der Waals surface area contributed by atoms with Gasteiger partial charge in [0.2, 0.25) is 0 Å². The number of para-hydroxylation sites is 1. The van der Waals surface area contributed by atoms with Crippen LogP contribution in [0.1, 0.15) is 65.1 Å². The quantitative estimate of drug-likeness (QED) is 0.182. The average Bonchev–Trinajstić information content (AvgIpc) is 3.59. The highest BCUT2D eigenvalue weighted by atomic mass is 32.2. The highest BCUT2D eigenvalue weighted by molar-refractivity contribution is 7.98. The van der Waals surface area contributed by atoms with Gasteiger partial charge in [0, 0.05) is 30.9 Å². The topological polar surface area (TPSA) is 75.9 Å². The van der Waals surface area contributed by atoms with Crippen LogP contribution in [0.5, 0.6) is 0 Å². The molecule has 3 heterocycles. The van der Waals surface area contributed by atoms with E-state index in [9.17, 15) is 4.79 Å². The summed E-state index contributed by atoms with van der Waals surface area (Å²) >= 11 is 3.11. The fraction of sp³-hybridized carbons (Fsp3) is 0.400. The maximum Gasteiger partial charge on any atom is 0.270 e. The lowest BCUT2D eigenvalue weighted by Crippen LogP contribution is -2.39. The smallest absolute Gasteiger partial charge is 0.270 e. The molecule has 1 unspecified atom stereocenters. The van der Waals surface area contributed by atoms with Gasteiger partial charge in [-0.05, 0) is 56.8 Å². The molecule has 0 bridgehead atoms. The number of benzene rings is 2. The zero-order chi connectivity index (χ0) is 27.0. The van der Waals surface area contributed by atoms with E-state index in [1.807, 2.05) is 35.7 Å². The molecule has 1 atom stereocenters. The Morgan fingerprint density at radius 2 is 1.92 bits per heavy atom. The first-order valence-electron chi connectivity index (χ1n) is 13.7. The fourth-order valence-electron chi connectivity index (χ4n) is 5.02. The van der Waals surface area contributed by atoms with E-state index in [1.54, 1.807) is 11.8 Å². The van der Waals surface area contributed by atoms with E-state index < -0.39 is 0 Å². The SMILES string of the molecule is Cc1ccccc1-n1c(Cc2ccccc2)nnc1SCc1nc(C(=O)NCCCN2CCCCC2C)cs1. The lowest BCUT2D eigenvalue weighted by molar-refractivity contribution is 0.0944. The number of nitrogens with zero attached hydrogens (tertiary/aromatic N) is 5. The van der Waals surface area contributed by atoms with E-state index in [1.165, 1.54) is 42.7 Å². The van der Waals surface area contributed by atoms with Crippen molar-refractivity contribution >= 4 is 29.0 Å². The first-order chi connectivity index (χ1) is 19.1. The van der Waals surface area contributed by atoms with Gasteiger partial charge < -0.3 is 10.2 Å². The van der Waals surface area contributed by atoms with Gasteiger partial charge in [-0.1, -0.05) is 66.7 Å². The largest absolute Gasteiger partial charge is 0.351 e. The highest BCUT2D eigenvalue weighted by Gasteiger charge is 2.19. The molecule has 2 aromatic heterocycles. The number of piperidine rings is 1. The molecular formula is C30H36N6OS2. The molecule has 9 heteroatoms. The maximum absolute atomic E-state index is 12.7. The molecule has 5 rings (SSSR count). The molecule has 2 aromatic carbocycles. The Morgan fingerprint density at radius 3 is 2.74 bits per heavy atom. The summed E-state index contributed by atoms with van der Waals surface area (Å²) in [5.41, 5.74) is 3.93. The molecule has 4 aromatic rings. The number of thioether (sulfide) groups is 1. The summed E-state index contributed by atoms with van der Waals surface area (Å²) in [6.45, 7) is 7.30. The number of nitrogens with one attached hydrogen (secondary N) is 1. The molecule has 1 aliphatic rings. The third-order valence-corrected chi connectivity index (χ3v) is 9.19. The van der Waals surface area contributed by atoms with E-state index in [-0.39, 0.29) is 5.91 Å². The minimum absolute atomic E-state index is 0.0950. The lowest BCUT2D eigenvalue weighted by Gasteiger charge is -2.33. The molecule has 1 amide bonds. The van der Waals surface area contributed by atoms with Gasteiger partial charge in [-0.15, -0.1) is 21.5 Å². The van der Waals surface area contributed by atoms with E-state index in [4.69, 9.17) is 0 Å². The third kappa shape index (κ3) is 7.15. The Kier molecular flexibility index (Phi) is 9.44. The van der Waals surface area contributed by atoms with Crippen molar-refractivity contribution in [2.24, 2.45) is 0 Å². The van der Waals surface area contributed by atoms with Gasteiger partial charge in [-0.25, -0.2) is 4.98 Å². The van der Waals surface area contributed by atoms with Crippen molar-refractivity contribution in [3.05, 3.63) is 87.6 Å². The minimum Gasteiger partial charge on any atom is -0.351 e. The summed E-state index contributed by atoms with van der Waals surface area (Å²) in [7, 11) is 0. The van der Waals surface area contributed by atoms with Crippen molar-refractivity contribution in [2.75, 3.05) is 19.6 Å². The number of aryl methyl sites for hydroxylation is 1. The second-order valence-electron chi connectivity index (χ2n) is 10.1. The fourth-order valence-corrected chi connectivity index (χ4v) is 6.77. The average molecular weight is 561 g/mol. The Balaban J connectivity index is 1.20. The minimum atomic E-state index is -0.0950. The van der Waals surface area contributed by atoms with Crippen molar-refractivity contribution in [1.29, 1.82) is 0 Å². The molecule has 7 nitrogen and oxygen atoms in total. The zero-order valence-electron chi connectivity index (χ0n) is 22.7. The van der Waals surface area contributed by atoms with Crippen molar-refractivity contribution in [2.45, 2.75) is 62.9 Å². The summed E-state index contributed by atoms with van der Waals surface area (Å²) < 4.78 is 2.15. The summed E-state index contributed by atoms with van der Waals surface area (Å²) in [6, 6.07) is 19.3. The van der Waals surface area contributed by atoms with Gasteiger partial charge in [-0.2, -0.15) is 0 Å². The van der Waals surface area contributed by atoms with Crippen molar-refractivity contribution in [3.8, 4) is 5.69 Å². The van der Waals surface area contributed by atoms with Gasteiger partial charge in [0.1, 0.15) is 16.5 Å². The second kappa shape index (κ2) is 13.4. The van der Waals surface area contributed by atoms with E-state index >= 15 is 0 Å². The summed E-state index contributed by atoms with van der Waals surface area (Å²) in [5, 5.41) is 15.7. The number of thiazole rings is 1. The van der Waals surface area contributed by atoms with Crippen LogP contribution in [0.2, 0.25) is 0 Å². The normalized spacial score (nSPS) is 15.9. The number of hydrogen-bond acceptors (Lipinski definition) is 7. The number of hydrogen-bond donors (Lipinski definition) is 1. The van der Waals surface area contributed by atoms with Gasteiger partial charge in [0.05, 0.1) is 11.4 Å². The lowest BCUT2D eigenvalue weighted by atomic mass is 10.0. The molecule has 0 aliphatic carbocycles. The molecule has 1 aliphatic heterocycles. The number of carbonyl (C=O) groups is 1.